The predicted octanol–water partition coefficient (Wildman–Crippen LogP) is 1.72. The van der Waals surface area contributed by atoms with Crippen LogP contribution in [0.15, 0.2) is 6.07 Å². The van der Waals surface area contributed by atoms with Crippen LogP contribution < -0.4 is 10.6 Å². The van der Waals surface area contributed by atoms with E-state index in [-0.39, 0.29) is 11.8 Å². The lowest BCUT2D eigenvalue weighted by Crippen LogP contribution is -2.15. The molecule has 0 spiro atoms. The van der Waals surface area contributed by atoms with E-state index in [4.69, 9.17) is 5.11 Å². The first-order valence-corrected chi connectivity index (χ1v) is 5.39. The molecule has 1 atom stereocenters. The zero-order chi connectivity index (χ0) is 13.8. The van der Waals surface area contributed by atoms with Gasteiger partial charge in [0.15, 0.2) is 5.69 Å². The fourth-order valence-corrected chi connectivity index (χ4v) is 1.20. The standard InChI is InChI=1S/C10H15F3N4O/c1-6(18)3-4-15-8-5-7(10(11,12)13)16-9(14-2)17-8/h5-6,18H,3-4H2,1-2H3,(H2,14,15,16,17). The third-order valence-corrected chi connectivity index (χ3v) is 2.11. The first-order valence-electron chi connectivity index (χ1n) is 5.39. The zero-order valence-electron chi connectivity index (χ0n) is 10.0. The summed E-state index contributed by atoms with van der Waals surface area (Å²) in [5.74, 6) is -0.0355. The molecule has 1 unspecified atom stereocenters. The number of aliphatic hydroxyl groups excluding tert-OH is 1. The van der Waals surface area contributed by atoms with Crippen molar-refractivity contribution < 1.29 is 18.3 Å². The van der Waals surface area contributed by atoms with Crippen LogP contribution in [0.25, 0.3) is 0 Å². The highest BCUT2D eigenvalue weighted by Crippen LogP contribution is 2.29. The van der Waals surface area contributed by atoms with Gasteiger partial charge in [-0.25, -0.2) is 4.98 Å². The van der Waals surface area contributed by atoms with E-state index in [1.807, 2.05) is 0 Å². The number of nitrogens with zero attached hydrogens (tertiary/aromatic N) is 2. The molecule has 8 heteroatoms. The Balaban J connectivity index is 2.84. The van der Waals surface area contributed by atoms with Gasteiger partial charge in [0.05, 0.1) is 6.10 Å². The van der Waals surface area contributed by atoms with Crippen molar-refractivity contribution >= 4 is 11.8 Å². The molecule has 0 aromatic carbocycles. The molecule has 3 N–H and O–H groups in total. The van der Waals surface area contributed by atoms with E-state index >= 15 is 0 Å². The third kappa shape index (κ3) is 4.36. The molecule has 5 nitrogen and oxygen atoms in total. The molecule has 1 heterocycles. The molecular weight excluding hydrogens is 249 g/mol. The van der Waals surface area contributed by atoms with Gasteiger partial charge >= 0.3 is 6.18 Å². The fourth-order valence-electron chi connectivity index (χ4n) is 1.20. The van der Waals surface area contributed by atoms with Crippen LogP contribution in [0.1, 0.15) is 19.0 Å². The largest absolute Gasteiger partial charge is 0.433 e. The molecule has 0 aliphatic rings. The normalized spacial score (nSPS) is 13.2. The van der Waals surface area contributed by atoms with Gasteiger partial charge in [0, 0.05) is 19.7 Å². The maximum atomic E-state index is 12.5. The summed E-state index contributed by atoms with van der Waals surface area (Å²) in [5, 5.41) is 14.2. The van der Waals surface area contributed by atoms with E-state index in [2.05, 4.69) is 20.6 Å². The number of aromatic nitrogens is 2. The quantitative estimate of drug-likeness (QED) is 0.755. The van der Waals surface area contributed by atoms with Gasteiger partial charge in [0.2, 0.25) is 5.95 Å². The van der Waals surface area contributed by atoms with Crippen molar-refractivity contribution in [2.75, 3.05) is 24.2 Å². The molecule has 0 saturated carbocycles. The van der Waals surface area contributed by atoms with Crippen molar-refractivity contribution in [2.24, 2.45) is 0 Å². The summed E-state index contributed by atoms with van der Waals surface area (Å²) in [6, 6.07) is 0.836. The van der Waals surface area contributed by atoms with Crippen molar-refractivity contribution in [2.45, 2.75) is 25.6 Å². The molecule has 1 rings (SSSR count). The molecule has 0 saturated heterocycles. The topological polar surface area (TPSA) is 70.1 Å². The minimum absolute atomic E-state index is 0.0716. The highest BCUT2D eigenvalue weighted by atomic mass is 19.4. The molecular formula is C10H15F3N4O. The lowest BCUT2D eigenvalue weighted by molar-refractivity contribution is -0.141. The minimum Gasteiger partial charge on any atom is -0.393 e. The van der Waals surface area contributed by atoms with Crippen LogP contribution in [0.5, 0.6) is 0 Å². The number of hydrogen-bond donors (Lipinski definition) is 3. The summed E-state index contributed by atoms with van der Waals surface area (Å²) < 4.78 is 37.6. The van der Waals surface area contributed by atoms with Crippen LogP contribution in [0.3, 0.4) is 0 Å². The fraction of sp³-hybridized carbons (Fsp3) is 0.600. The smallest absolute Gasteiger partial charge is 0.393 e. The molecule has 0 aliphatic heterocycles. The lowest BCUT2D eigenvalue weighted by atomic mass is 10.3. The summed E-state index contributed by atoms with van der Waals surface area (Å²) in [7, 11) is 1.44. The van der Waals surface area contributed by atoms with Crippen LogP contribution in [0.4, 0.5) is 24.9 Å². The Morgan fingerprint density at radius 2 is 2.06 bits per heavy atom. The second-order valence-electron chi connectivity index (χ2n) is 3.77. The highest BCUT2D eigenvalue weighted by Gasteiger charge is 2.33. The number of alkyl halides is 3. The van der Waals surface area contributed by atoms with Crippen LogP contribution in [-0.4, -0.2) is 34.8 Å². The van der Waals surface area contributed by atoms with Gasteiger partial charge in [-0.2, -0.15) is 18.2 Å². The monoisotopic (exact) mass is 264 g/mol. The summed E-state index contributed by atoms with van der Waals surface area (Å²) >= 11 is 0. The van der Waals surface area contributed by atoms with Gasteiger partial charge in [-0.1, -0.05) is 0 Å². The molecule has 0 amide bonds. The van der Waals surface area contributed by atoms with Crippen molar-refractivity contribution in [1.29, 1.82) is 0 Å². The maximum Gasteiger partial charge on any atom is 0.433 e. The Kier molecular flexibility index (Phi) is 4.71. The molecule has 1 aromatic rings. The zero-order valence-corrected chi connectivity index (χ0v) is 10.0. The Morgan fingerprint density at radius 3 is 2.56 bits per heavy atom. The van der Waals surface area contributed by atoms with Crippen LogP contribution in [-0.2, 0) is 6.18 Å². The van der Waals surface area contributed by atoms with E-state index in [1.54, 1.807) is 6.92 Å². The summed E-state index contributed by atoms with van der Waals surface area (Å²) in [4.78, 5) is 7.18. The Morgan fingerprint density at radius 1 is 1.39 bits per heavy atom. The van der Waals surface area contributed by atoms with Crippen LogP contribution in [0.2, 0.25) is 0 Å². The number of halogens is 3. The number of hydrogen-bond acceptors (Lipinski definition) is 5. The maximum absolute atomic E-state index is 12.5. The van der Waals surface area contributed by atoms with Gasteiger partial charge in [-0.15, -0.1) is 0 Å². The van der Waals surface area contributed by atoms with Gasteiger partial charge in [0.1, 0.15) is 5.82 Å². The predicted molar refractivity (Wildman–Crippen MR) is 61.4 cm³/mol. The Hall–Kier alpha value is -1.57. The number of nitrogens with one attached hydrogen (secondary N) is 2. The molecule has 1 aromatic heterocycles. The van der Waals surface area contributed by atoms with Gasteiger partial charge in [-0.3, -0.25) is 0 Å². The second-order valence-corrected chi connectivity index (χ2v) is 3.77. The Labute approximate surface area is 102 Å². The first-order chi connectivity index (χ1) is 8.32. The molecule has 0 radical (unpaired) electrons. The SMILES string of the molecule is CNc1nc(NCCC(C)O)cc(C(F)(F)F)n1. The van der Waals surface area contributed by atoms with Crippen LogP contribution in [0, 0.1) is 0 Å². The number of aliphatic hydroxyl groups is 1. The molecule has 0 fully saturated rings. The summed E-state index contributed by atoms with van der Waals surface area (Å²) in [6.45, 7) is 1.93. The van der Waals surface area contributed by atoms with Crippen LogP contribution >= 0.6 is 0 Å². The molecule has 0 bridgehead atoms. The molecule has 0 aliphatic carbocycles. The molecule has 102 valence electrons. The van der Waals surface area contributed by atoms with Gasteiger partial charge in [-0.05, 0) is 13.3 Å². The first kappa shape index (κ1) is 14.5. The lowest BCUT2D eigenvalue weighted by Gasteiger charge is -2.12. The number of rotatable bonds is 5. The van der Waals surface area contributed by atoms with Crippen molar-refractivity contribution in [1.82, 2.24) is 9.97 Å². The van der Waals surface area contributed by atoms with E-state index in [0.29, 0.717) is 13.0 Å². The number of anilines is 2. The average molecular weight is 264 g/mol. The van der Waals surface area contributed by atoms with E-state index in [0.717, 1.165) is 6.07 Å². The minimum atomic E-state index is -4.52. The third-order valence-electron chi connectivity index (χ3n) is 2.11. The van der Waals surface area contributed by atoms with Gasteiger partial charge < -0.3 is 15.7 Å². The van der Waals surface area contributed by atoms with Crippen molar-refractivity contribution in [3.05, 3.63) is 11.8 Å². The summed E-state index contributed by atoms with van der Waals surface area (Å²) in [5.41, 5.74) is -1.01. The van der Waals surface area contributed by atoms with E-state index < -0.39 is 18.0 Å². The van der Waals surface area contributed by atoms with E-state index in [9.17, 15) is 13.2 Å². The highest BCUT2D eigenvalue weighted by molar-refractivity contribution is 5.42. The summed E-state index contributed by atoms with van der Waals surface area (Å²) in [6.07, 6.45) is -4.62. The Bertz CT molecular complexity index is 395. The molecule has 18 heavy (non-hydrogen) atoms. The average Bonchev–Trinajstić information content (AvgIpc) is 2.27. The van der Waals surface area contributed by atoms with E-state index in [1.165, 1.54) is 7.05 Å². The van der Waals surface area contributed by atoms with Gasteiger partial charge in [0.25, 0.3) is 0 Å². The second kappa shape index (κ2) is 5.85. The van der Waals surface area contributed by atoms with Crippen molar-refractivity contribution in [3.8, 4) is 0 Å². The van der Waals surface area contributed by atoms with Crippen molar-refractivity contribution in [3.63, 3.8) is 0 Å².